The van der Waals surface area contributed by atoms with Gasteiger partial charge in [-0.3, -0.25) is 9.89 Å². The van der Waals surface area contributed by atoms with Crippen LogP contribution < -0.4 is 15.4 Å². The highest BCUT2D eigenvalue weighted by molar-refractivity contribution is 14.0. The van der Waals surface area contributed by atoms with E-state index in [1.165, 1.54) is 24.9 Å². The summed E-state index contributed by atoms with van der Waals surface area (Å²) in [5.41, 5.74) is 2.30. The van der Waals surface area contributed by atoms with E-state index < -0.39 is 0 Å². The molecule has 2 aliphatic heterocycles. The highest BCUT2D eigenvalue weighted by Crippen LogP contribution is 2.22. The standard InChI is InChI=1S/C22H36N4O3.HI/c1-17-7-8-18(21(12-17)28-11-5-10-27-3)13-24-22(23-2)25-14-20-15-26-9-4-6-19(26)16-29-20;/h7-8,12,19-20H,4-6,9-11,13-16H2,1-3H3,(H2,23,24,25);1H. The number of aliphatic imine (C=N–C) groups is 1. The molecule has 3 rings (SSSR count). The van der Waals surface area contributed by atoms with Crippen LogP contribution >= 0.6 is 24.0 Å². The lowest BCUT2D eigenvalue weighted by molar-refractivity contribution is -0.0453. The summed E-state index contributed by atoms with van der Waals surface area (Å²) in [6.45, 7) is 7.91. The Morgan fingerprint density at radius 2 is 2.17 bits per heavy atom. The quantitative estimate of drug-likeness (QED) is 0.221. The van der Waals surface area contributed by atoms with Gasteiger partial charge in [0.1, 0.15) is 5.75 Å². The summed E-state index contributed by atoms with van der Waals surface area (Å²) in [4.78, 5) is 6.92. The van der Waals surface area contributed by atoms with Crippen LogP contribution in [0.25, 0.3) is 0 Å². The number of halogens is 1. The Hall–Kier alpha value is -1.10. The van der Waals surface area contributed by atoms with Gasteiger partial charge >= 0.3 is 0 Å². The Morgan fingerprint density at radius 1 is 1.30 bits per heavy atom. The number of hydrogen-bond donors (Lipinski definition) is 2. The second-order valence-electron chi connectivity index (χ2n) is 7.86. The number of methoxy groups -OCH3 is 1. The fourth-order valence-electron chi connectivity index (χ4n) is 3.95. The molecule has 1 aromatic rings. The zero-order valence-corrected chi connectivity index (χ0v) is 20.8. The topological polar surface area (TPSA) is 67.4 Å². The number of morpholine rings is 1. The molecule has 0 spiro atoms. The maximum atomic E-state index is 6.03. The van der Waals surface area contributed by atoms with Crippen molar-refractivity contribution in [2.45, 2.75) is 44.9 Å². The van der Waals surface area contributed by atoms with Crippen molar-refractivity contribution in [2.75, 3.05) is 53.6 Å². The molecule has 0 aliphatic carbocycles. The third kappa shape index (κ3) is 7.55. The van der Waals surface area contributed by atoms with Gasteiger partial charge in [-0.15, -0.1) is 24.0 Å². The molecule has 30 heavy (non-hydrogen) atoms. The van der Waals surface area contributed by atoms with Gasteiger partial charge in [0.05, 0.1) is 19.3 Å². The van der Waals surface area contributed by atoms with Gasteiger partial charge in [0.25, 0.3) is 0 Å². The van der Waals surface area contributed by atoms with Crippen LogP contribution in [-0.4, -0.2) is 76.6 Å². The molecule has 0 aromatic heterocycles. The molecule has 2 saturated heterocycles. The first-order chi connectivity index (χ1) is 14.2. The Labute approximate surface area is 197 Å². The molecular formula is C22H37IN4O3. The van der Waals surface area contributed by atoms with E-state index in [0.29, 0.717) is 25.8 Å². The minimum atomic E-state index is 0. The van der Waals surface area contributed by atoms with Gasteiger partial charge in [-0.1, -0.05) is 12.1 Å². The lowest BCUT2D eigenvalue weighted by Gasteiger charge is -2.35. The zero-order valence-electron chi connectivity index (χ0n) is 18.5. The number of hydrogen-bond acceptors (Lipinski definition) is 5. The SMILES string of the molecule is CN=C(NCc1ccc(C)cc1OCCCOC)NCC1CN2CCCC2CO1.I. The highest BCUT2D eigenvalue weighted by atomic mass is 127. The fraction of sp³-hybridized carbons (Fsp3) is 0.682. The van der Waals surface area contributed by atoms with Crippen LogP contribution in [0.2, 0.25) is 0 Å². The number of nitrogens with zero attached hydrogens (tertiary/aromatic N) is 2. The van der Waals surface area contributed by atoms with Crippen molar-refractivity contribution < 1.29 is 14.2 Å². The van der Waals surface area contributed by atoms with E-state index in [9.17, 15) is 0 Å². The van der Waals surface area contributed by atoms with E-state index in [4.69, 9.17) is 14.2 Å². The van der Waals surface area contributed by atoms with Crippen molar-refractivity contribution in [1.82, 2.24) is 15.5 Å². The van der Waals surface area contributed by atoms with Crippen LogP contribution in [0.4, 0.5) is 0 Å². The number of guanidine groups is 1. The average Bonchev–Trinajstić information content (AvgIpc) is 3.20. The molecule has 170 valence electrons. The number of ether oxygens (including phenoxy) is 3. The van der Waals surface area contributed by atoms with Crippen LogP contribution in [0.1, 0.15) is 30.4 Å². The van der Waals surface area contributed by atoms with Crippen molar-refractivity contribution in [3.05, 3.63) is 29.3 Å². The van der Waals surface area contributed by atoms with Crippen molar-refractivity contribution in [2.24, 2.45) is 4.99 Å². The summed E-state index contributed by atoms with van der Waals surface area (Å²) in [6, 6.07) is 6.94. The molecule has 0 bridgehead atoms. The van der Waals surface area contributed by atoms with Gasteiger partial charge in [-0.05, 0) is 37.9 Å². The minimum absolute atomic E-state index is 0. The third-order valence-corrected chi connectivity index (χ3v) is 5.60. The second kappa shape index (κ2) is 13.3. The summed E-state index contributed by atoms with van der Waals surface area (Å²) < 4.78 is 17.1. The first-order valence-corrected chi connectivity index (χ1v) is 10.7. The lowest BCUT2D eigenvalue weighted by Crippen LogP contribution is -2.51. The van der Waals surface area contributed by atoms with E-state index >= 15 is 0 Å². The van der Waals surface area contributed by atoms with Gasteiger partial charge in [-0.25, -0.2) is 0 Å². The molecule has 0 saturated carbocycles. The molecule has 2 atom stereocenters. The second-order valence-corrected chi connectivity index (χ2v) is 7.86. The van der Waals surface area contributed by atoms with Crippen LogP contribution in [0.3, 0.4) is 0 Å². The Kier molecular flexibility index (Phi) is 11.2. The summed E-state index contributed by atoms with van der Waals surface area (Å²) in [5, 5.41) is 6.81. The predicted octanol–water partition coefficient (Wildman–Crippen LogP) is 2.56. The Bertz CT molecular complexity index is 674. The van der Waals surface area contributed by atoms with Crippen LogP contribution in [0.5, 0.6) is 5.75 Å². The molecule has 0 amide bonds. The smallest absolute Gasteiger partial charge is 0.191 e. The van der Waals surface area contributed by atoms with E-state index in [-0.39, 0.29) is 30.1 Å². The van der Waals surface area contributed by atoms with E-state index in [1.54, 1.807) is 14.2 Å². The molecule has 7 nitrogen and oxygen atoms in total. The van der Waals surface area contributed by atoms with Gasteiger partial charge in [0.2, 0.25) is 0 Å². The molecule has 8 heteroatoms. The lowest BCUT2D eigenvalue weighted by atomic mass is 10.1. The van der Waals surface area contributed by atoms with Gasteiger partial charge in [0, 0.05) is 58.4 Å². The van der Waals surface area contributed by atoms with Crippen molar-refractivity contribution in [3.8, 4) is 5.75 Å². The summed E-state index contributed by atoms with van der Waals surface area (Å²) in [5.74, 6) is 1.70. The monoisotopic (exact) mass is 532 g/mol. The predicted molar refractivity (Wildman–Crippen MR) is 131 cm³/mol. The van der Waals surface area contributed by atoms with Crippen LogP contribution in [0, 0.1) is 6.92 Å². The van der Waals surface area contributed by atoms with E-state index in [0.717, 1.165) is 43.4 Å². The molecular weight excluding hydrogens is 495 g/mol. The number of benzene rings is 1. The maximum Gasteiger partial charge on any atom is 0.191 e. The van der Waals surface area contributed by atoms with Crippen molar-refractivity contribution in [3.63, 3.8) is 0 Å². The largest absolute Gasteiger partial charge is 0.493 e. The minimum Gasteiger partial charge on any atom is -0.493 e. The van der Waals surface area contributed by atoms with Crippen molar-refractivity contribution >= 4 is 29.9 Å². The van der Waals surface area contributed by atoms with Crippen LogP contribution in [-0.2, 0) is 16.0 Å². The average molecular weight is 532 g/mol. The molecule has 2 heterocycles. The van der Waals surface area contributed by atoms with Gasteiger partial charge in [0.15, 0.2) is 5.96 Å². The fourth-order valence-corrected chi connectivity index (χ4v) is 3.95. The van der Waals surface area contributed by atoms with Crippen molar-refractivity contribution in [1.29, 1.82) is 0 Å². The highest BCUT2D eigenvalue weighted by Gasteiger charge is 2.32. The van der Waals surface area contributed by atoms with E-state index in [2.05, 4.69) is 45.6 Å². The maximum absolute atomic E-state index is 6.03. The first-order valence-electron chi connectivity index (χ1n) is 10.7. The molecule has 2 aliphatic rings. The number of fused-ring (bicyclic) bond motifs is 1. The van der Waals surface area contributed by atoms with Crippen LogP contribution in [0.15, 0.2) is 23.2 Å². The van der Waals surface area contributed by atoms with E-state index in [1.807, 2.05) is 0 Å². The zero-order chi connectivity index (χ0) is 20.5. The number of rotatable bonds is 9. The summed E-state index contributed by atoms with van der Waals surface area (Å²) in [7, 11) is 3.51. The summed E-state index contributed by atoms with van der Waals surface area (Å²) in [6.07, 6.45) is 3.65. The molecule has 2 unspecified atom stereocenters. The Morgan fingerprint density at radius 3 is 2.97 bits per heavy atom. The Balaban J connectivity index is 0.00000320. The summed E-state index contributed by atoms with van der Waals surface area (Å²) >= 11 is 0. The number of aryl methyl sites for hydroxylation is 1. The first kappa shape index (κ1) is 25.2. The van der Waals surface area contributed by atoms with Gasteiger partial charge < -0.3 is 24.8 Å². The van der Waals surface area contributed by atoms with Gasteiger partial charge in [-0.2, -0.15) is 0 Å². The molecule has 2 N–H and O–H groups in total. The molecule has 1 aromatic carbocycles. The molecule has 2 fully saturated rings. The third-order valence-electron chi connectivity index (χ3n) is 5.60. The normalized spacial score (nSPS) is 21.6. The molecule has 0 radical (unpaired) electrons. The number of nitrogens with one attached hydrogen (secondary N) is 2.